The summed E-state index contributed by atoms with van der Waals surface area (Å²) in [6.45, 7) is 10.4. The average molecular weight is 465 g/mol. The number of rotatable bonds is 18. The average Bonchev–Trinajstić information content (AvgIpc) is 2.84. The van der Waals surface area contributed by atoms with Crippen LogP contribution >= 0.6 is 0 Å². The molecule has 0 aliphatic carbocycles. The highest BCUT2D eigenvalue weighted by atomic mass is 16.5. The van der Waals surface area contributed by atoms with Crippen LogP contribution in [-0.2, 0) is 0 Å². The Kier molecular flexibility index (Phi) is 14.2. The molecule has 0 aliphatic rings. The molecule has 0 heterocycles. The minimum Gasteiger partial charge on any atom is -0.493 e. The largest absolute Gasteiger partial charge is 0.493 e. The first-order valence-electron chi connectivity index (χ1n) is 13.8. The van der Waals surface area contributed by atoms with Crippen molar-refractivity contribution in [2.75, 3.05) is 13.2 Å². The second-order valence-electron chi connectivity index (χ2n) is 9.62. The zero-order chi connectivity index (χ0) is 24.4. The van der Waals surface area contributed by atoms with Gasteiger partial charge in [-0.3, -0.25) is 0 Å². The van der Waals surface area contributed by atoms with Crippen molar-refractivity contribution >= 4 is 12.2 Å². The molecule has 2 aromatic rings. The molecule has 0 spiro atoms. The lowest BCUT2D eigenvalue weighted by Gasteiger charge is -2.11. The summed E-state index contributed by atoms with van der Waals surface area (Å²) in [6, 6.07) is 12.9. The molecule has 2 nitrogen and oxygen atoms in total. The third-order valence-electron chi connectivity index (χ3n) is 6.40. The maximum absolute atomic E-state index is 6.10. The Morgan fingerprint density at radius 3 is 1.32 bits per heavy atom. The van der Waals surface area contributed by atoms with Gasteiger partial charge in [0, 0.05) is 0 Å². The fourth-order valence-corrected chi connectivity index (χ4v) is 4.07. The number of aryl methyl sites for hydroxylation is 2. The second kappa shape index (κ2) is 17.2. The molecule has 0 N–H and O–H groups in total. The van der Waals surface area contributed by atoms with Crippen molar-refractivity contribution in [3.63, 3.8) is 0 Å². The molecule has 2 aromatic carbocycles. The molecule has 0 atom stereocenters. The van der Waals surface area contributed by atoms with Crippen molar-refractivity contribution in [3.05, 3.63) is 58.7 Å². The Morgan fingerprint density at radius 2 is 0.912 bits per heavy atom. The second-order valence-corrected chi connectivity index (χ2v) is 9.62. The summed E-state index contributed by atoms with van der Waals surface area (Å²) >= 11 is 0. The molecule has 188 valence electrons. The highest BCUT2D eigenvalue weighted by Crippen LogP contribution is 2.24. The molecule has 0 saturated heterocycles. The van der Waals surface area contributed by atoms with Crippen molar-refractivity contribution < 1.29 is 9.47 Å². The molecule has 0 aromatic heterocycles. The van der Waals surface area contributed by atoms with Gasteiger partial charge in [0.05, 0.1) is 13.2 Å². The summed E-state index contributed by atoms with van der Waals surface area (Å²) in [6.07, 6.45) is 19.7. The van der Waals surface area contributed by atoms with E-state index in [4.69, 9.17) is 9.47 Å². The van der Waals surface area contributed by atoms with Crippen LogP contribution in [0.4, 0.5) is 0 Å². The molecule has 0 unspecified atom stereocenters. The van der Waals surface area contributed by atoms with Crippen LogP contribution in [0.15, 0.2) is 36.4 Å². The van der Waals surface area contributed by atoms with Crippen molar-refractivity contribution in [1.82, 2.24) is 0 Å². The Hall–Kier alpha value is -2.22. The first-order chi connectivity index (χ1) is 16.6. The van der Waals surface area contributed by atoms with E-state index in [9.17, 15) is 0 Å². The molecule has 0 saturated carbocycles. The third kappa shape index (κ3) is 11.3. The highest BCUT2D eigenvalue weighted by molar-refractivity contribution is 5.71. The predicted octanol–water partition coefficient (Wildman–Crippen LogP) is 9.95. The van der Waals surface area contributed by atoms with Crippen LogP contribution in [0.1, 0.15) is 113 Å². The Morgan fingerprint density at radius 1 is 0.529 bits per heavy atom. The molecule has 0 fully saturated rings. The van der Waals surface area contributed by atoms with E-state index in [1.165, 1.54) is 86.5 Å². The minimum absolute atomic E-state index is 0.803. The number of ether oxygens (including phenoxy) is 2. The monoisotopic (exact) mass is 464 g/mol. The van der Waals surface area contributed by atoms with Crippen molar-refractivity contribution in [2.45, 2.75) is 105 Å². The van der Waals surface area contributed by atoms with E-state index < -0.39 is 0 Å². The number of hydrogen-bond donors (Lipinski definition) is 0. The number of hydrogen-bond acceptors (Lipinski definition) is 2. The number of unbranched alkanes of at least 4 members (excludes halogenated alkanes) is 10. The summed E-state index contributed by atoms with van der Waals surface area (Å²) in [5, 5.41) is 0. The SMILES string of the molecule is CCCCCCCCOc1cc(C=Cc2ccc(C)c(OCCCCCCCC)c2)ccc1C. The summed E-state index contributed by atoms with van der Waals surface area (Å²) in [7, 11) is 0. The van der Waals surface area contributed by atoms with Crippen LogP contribution in [0.25, 0.3) is 12.2 Å². The zero-order valence-electron chi connectivity index (χ0n) is 22.3. The quantitative estimate of drug-likeness (QED) is 0.161. The van der Waals surface area contributed by atoms with Gasteiger partial charge in [-0.1, -0.05) is 114 Å². The van der Waals surface area contributed by atoms with E-state index in [1.54, 1.807) is 0 Å². The van der Waals surface area contributed by atoms with Crippen molar-refractivity contribution in [1.29, 1.82) is 0 Å². The molecule has 0 amide bonds. The molecule has 0 radical (unpaired) electrons. The molecule has 0 bridgehead atoms. The highest BCUT2D eigenvalue weighted by Gasteiger charge is 2.03. The third-order valence-corrected chi connectivity index (χ3v) is 6.40. The van der Waals surface area contributed by atoms with Gasteiger partial charge in [0.15, 0.2) is 0 Å². The van der Waals surface area contributed by atoms with Crippen LogP contribution in [-0.4, -0.2) is 13.2 Å². The van der Waals surface area contributed by atoms with Gasteiger partial charge in [0.1, 0.15) is 11.5 Å². The van der Waals surface area contributed by atoms with Gasteiger partial charge < -0.3 is 9.47 Å². The Balaban J connectivity index is 1.84. The summed E-state index contributed by atoms with van der Waals surface area (Å²) in [5.74, 6) is 2.00. The van der Waals surface area contributed by atoms with Crippen LogP contribution in [0.2, 0.25) is 0 Å². The molecular formula is C32H48O2. The fraction of sp³-hybridized carbons (Fsp3) is 0.562. The minimum atomic E-state index is 0.803. The zero-order valence-corrected chi connectivity index (χ0v) is 22.3. The molecule has 2 heteroatoms. The van der Waals surface area contributed by atoms with Crippen LogP contribution < -0.4 is 9.47 Å². The Bertz CT molecular complexity index is 767. The van der Waals surface area contributed by atoms with Gasteiger partial charge in [-0.15, -0.1) is 0 Å². The maximum atomic E-state index is 6.10. The van der Waals surface area contributed by atoms with Crippen molar-refractivity contribution in [3.8, 4) is 11.5 Å². The summed E-state index contributed by atoms with van der Waals surface area (Å²) < 4.78 is 12.2. The first-order valence-corrected chi connectivity index (χ1v) is 13.8. The van der Waals surface area contributed by atoms with Gasteiger partial charge in [0.25, 0.3) is 0 Å². The number of benzene rings is 2. The Labute approximate surface area is 209 Å². The van der Waals surface area contributed by atoms with Gasteiger partial charge in [-0.25, -0.2) is 0 Å². The maximum Gasteiger partial charge on any atom is 0.122 e. The van der Waals surface area contributed by atoms with Crippen LogP contribution in [0.5, 0.6) is 11.5 Å². The molecule has 2 rings (SSSR count). The van der Waals surface area contributed by atoms with E-state index in [1.807, 2.05) is 0 Å². The van der Waals surface area contributed by atoms with Gasteiger partial charge in [0.2, 0.25) is 0 Å². The van der Waals surface area contributed by atoms with Gasteiger partial charge >= 0.3 is 0 Å². The van der Waals surface area contributed by atoms with Gasteiger partial charge in [-0.2, -0.15) is 0 Å². The topological polar surface area (TPSA) is 18.5 Å². The predicted molar refractivity (Wildman–Crippen MR) is 149 cm³/mol. The fourth-order valence-electron chi connectivity index (χ4n) is 4.07. The van der Waals surface area contributed by atoms with E-state index in [-0.39, 0.29) is 0 Å². The smallest absolute Gasteiger partial charge is 0.122 e. The van der Waals surface area contributed by atoms with E-state index in [0.29, 0.717) is 0 Å². The lowest BCUT2D eigenvalue weighted by atomic mass is 10.1. The summed E-state index contributed by atoms with van der Waals surface area (Å²) in [5.41, 5.74) is 4.73. The van der Waals surface area contributed by atoms with E-state index in [0.717, 1.165) is 37.6 Å². The van der Waals surface area contributed by atoms with E-state index in [2.05, 4.69) is 76.2 Å². The van der Waals surface area contributed by atoms with Crippen LogP contribution in [0, 0.1) is 13.8 Å². The first kappa shape index (κ1) is 28.0. The molecular weight excluding hydrogens is 416 g/mol. The lowest BCUT2D eigenvalue weighted by molar-refractivity contribution is 0.302. The standard InChI is InChI=1S/C32H48O2/c1-5-7-9-11-13-15-23-33-31-25-29(19-17-27(31)3)21-22-30-20-18-28(4)32(26-30)34-24-16-14-12-10-8-6-2/h17-22,25-26H,5-16,23-24H2,1-4H3. The summed E-state index contributed by atoms with van der Waals surface area (Å²) in [4.78, 5) is 0. The van der Waals surface area contributed by atoms with Crippen LogP contribution in [0.3, 0.4) is 0 Å². The van der Waals surface area contributed by atoms with Crippen molar-refractivity contribution in [2.24, 2.45) is 0 Å². The molecule has 0 aliphatic heterocycles. The lowest BCUT2D eigenvalue weighted by Crippen LogP contribution is -1.99. The normalized spacial score (nSPS) is 11.3. The molecule has 34 heavy (non-hydrogen) atoms. The van der Waals surface area contributed by atoms with E-state index >= 15 is 0 Å². The van der Waals surface area contributed by atoms with Gasteiger partial charge in [-0.05, 0) is 61.1 Å².